The second-order valence-electron chi connectivity index (χ2n) is 7.50. The number of nitrogens with two attached hydrogens (primary N) is 1. The van der Waals surface area contributed by atoms with Gasteiger partial charge in [0.2, 0.25) is 5.91 Å². The summed E-state index contributed by atoms with van der Waals surface area (Å²) in [5.41, 5.74) is 6.58. The normalized spacial score (nSPS) is 11.2. The Morgan fingerprint density at radius 2 is 1.79 bits per heavy atom. The third-order valence-corrected chi connectivity index (χ3v) is 5.40. The monoisotopic (exact) mass is 458 g/mol. The first kappa shape index (κ1) is 21.2. The number of halogens is 1. The summed E-state index contributed by atoms with van der Waals surface area (Å²) in [6.45, 7) is 0.511. The van der Waals surface area contributed by atoms with Crippen molar-refractivity contribution in [3.05, 3.63) is 95.1 Å². The molecule has 0 radical (unpaired) electrons. The molecule has 3 heterocycles. The number of benzene rings is 2. The number of primary amides is 1. The molecule has 0 saturated heterocycles. The maximum absolute atomic E-state index is 15.2. The molecule has 5 rings (SSSR count). The topological polar surface area (TPSA) is 126 Å². The lowest BCUT2D eigenvalue weighted by atomic mass is 10.2. The minimum atomic E-state index is -0.605. The van der Waals surface area contributed by atoms with Crippen molar-refractivity contribution in [1.82, 2.24) is 34.0 Å². The van der Waals surface area contributed by atoms with Gasteiger partial charge in [0.1, 0.15) is 24.3 Å². The second-order valence-corrected chi connectivity index (χ2v) is 7.50. The average Bonchev–Trinajstić information content (AvgIpc) is 3.48. The fourth-order valence-electron chi connectivity index (χ4n) is 3.79. The highest BCUT2D eigenvalue weighted by Crippen LogP contribution is 2.20. The summed E-state index contributed by atoms with van der Waals surface area (Å²) >= 11 is 0. The van der Waals surface area contributed by atoms with Crippen LogP contribution in [-0.2, 0) is 6.54 Å². The molecular weight excluding hydrogens is 439 g/mol. The standard InChI is InChI=1S/C23H19FN8O2/c1-26-11-19-27-7-8-30(19)16-5-6-18(17(24)10-16)32-13-29-22-20(23(32)34)31(12-28-22)15-4-2-3-14(9-15)21(25)33/h2-10,12-13,26H,11H2,1H3,(H2,25,33). The first-order valence-corrected chi connectivity index (χ1v) is 10.3. The lowest BCUT2D eigenvalue weighted by Gasteiger charge is -2.12. The highest BCUT2D eigenvalue weighted by molar-refractivity contribution is 5.93. The van der Waals surface area contributed by atoms with Gasteiger partial charge in [0.25, 0.3) is 5.56 Å². The predicted octanol–water partition coefficient (Wildman–Crippen LogP) is 1.71. The number of carbonyl (C=O) groups is 1. The Hall–Kier alpha value is -4.64. The number of amides is 1. The third-order valence-electron chi connectivity index (χ3n) is 5.40. The van der Waals surface area contributed by atoms with Crippen molar-refractivity contribution in [3.63, 3.8) is 0 Å². The van der Waals surface area contributed by atoms with Crippen LogP contribution in [0.25, 0.3) is 28.2 Å². The number of imidazole rings is 2. The van der Waals surface area contributed by atoms with E-state index in [0.29, 0.717) is 17.9 Å². The Kier molecular flexibility index (Phi) is 5.22. The molecule has 10 nitrogen and oxygen atoms in total. The first-order valence-electron chi connectivity index (χ1n) is 10.3. The molecule has 2 aromatic carbocycles. The molecule has 5 aromatic rings. The zero-order valence-corrected chi connectivity index (χ0v) is 18.0. The van der Waals surface area contributed by atoms with Crippen LogP contribution in [0.2, 0.25) is 0 Å². The summed E-state index contributed by atoms with van der Waals surface area (Å²) in [4.78, 5) is 37.6. The van der Waals surface area contributed by atoms with Crippen molar-refractivity contribution in [2.24, 2.45) is 5.73 Å². The van der Waals surface area contributed by atoms with Crippen LogP contribution in [0.5, 0.6) is 0 Å². The largest absolute Gasteiger partial charge is 0.366 e. The highest BCUT2D eigenvalue weighted by Gasteiger charge is 2.17. The molecule has 0 aliphatic carbocycles. The molecule has 0 unspecified atom stereocenters. The maximum Gasteiger partial charge on any atom is 0.284 e. The van der Waals surface area contributed by atoms with Gasteiger partial charge in [-0.15, -0.1) is 0 Å². The molecule has 0 aliphatic rings. The molecule has 0 saturated carbocycles. The van der Waals surface area contributed by atoms with Gasteiger partial charge in [0.15, 0.2) is 11.2 Å². The lowest BCUT2D eigenvalue weighted by molar-refractivity contribution is 0.1000. The van der Waals surface area contributed by atoms with Crippen LogP contribution in [0.15, 0.2) is 72.3 Å². The Morgan fingerprint density at radius 3 is 2.53 bits per heavy atom. The molecule has 34 heavy (non-hydrogen) atoms. The van der Waals surface area contributed by atoms with E-state index in [2.05, 4.69) is 20.3 Å². The minimum absolute atomic E-state index is 0.0390. The van der Waals surface area contributed by atoms with Crippen molar-refractivity contribution in [2.75, 3.05) is 7.05 Å². The van der Waals surface area contributed by atoms with Gasteiger partial charge in [-0.05, 0) is 37.4 Å². The summed E-state index contributed by atoms with van der Waals surface area (Å²) in [6.07, 6.45) is 6.03. The van der Waals surface area contributed by atoms with E-state index < -0.39 is 17.3 Å². The molecule has 0 atom stereocenters. The van der Waals surface area contributed by atoms with Crippen molar-refractivity contribution >= 4 is 17.1 Å². The molecule has 3 aromatic heterocycles. The lowest BCUT2D eigenvalue weighted by Crippen LogP contribution is -2.22. The highest BCUT2D eigenvalue weighted by atomic mass is 19.1. The molecule has 11 heteroatoms. The van der Waals surface area contributed by atoms with Crippen molar-refractivity contribution < 1.29 is 9.18 Å². The molecule has 0 spiro atoms. The van der Waals surface area contributed by atoms with Gasteiger partial charge < -0.3 is 15.6 Å². The van der Waals surface area contributed by atoms with E-state index in [1.165, 1.54) is 29.4 Å². The number of rotatable bonds is 6. The van der Waals surface area contributed by atoms with Gasteiger partial charge in [0, 0.05) is 35.4 Å². The minimum Gasteiger partial charge on any atom is -0.366 e. The van der Waals surface area contributed by atoms with Crippen LogP contribution < -0.4 is 16.6 Å². The number of nitrogens with zero attached hydrogens (tertiary/aromatic N) is 6. The van der Waals surface area contributed by atoms with Crippen LogP contribution >= 0.6 is 0 Å². The molecule has 0 aliphatic heterocycles. The zero-order valence-electron chi connectivity index (χ0n) is 18.0. The number of nitrogens with one attached hydrogen (secondary N) is 1. The summed E-state index contributed by atoms with van der Waals surface area (Å²) in [7, 11) is 1.80. The Bertz CT molecular complexity index is 1600. The predicted molar refractivity (Wildman–Crippen MR) is 123 cm³/mol. The molecule has 0 fully saturated rings. The average molecular weight is 458 g/mol. The third kappa shape index (κ3) is 3.53. The van der Waals surface area contributed by atoms with E-state index in [1.807, 2.05) is 0 Å². The molecule has 1 amide bonds. The fraction of sp³-hybridized carbons (Fsp3) is 0.0870. The fourth-order valence-corrected chi connectivity index (χ4v) is 3.79. The van der Waals surface area contributed by atoms with E-state index in [9.17, 15) is 9.59 Å². The number of hydrogen-bond acceptors (Lipinski definition) is 6. The van der Waals surface area contributed by atoms with E-state index in [1.54, 1.807) is 54.3 Å². The van der Waals surface area contributed by atoms with Crippen LogP contribution in [0, 0.1) is 5.82 Å². The Morgan fingerprint density at radius 1 is 1.03 bits per heavy atom. The van der Waals surface area contributed by atoms with Crippen molar-refractivity contribution in [1.29, 1.82) is 0 Å². The zero-order chi connectivity index (χ0) is 23.8. The van der Waals surface area contributed by atoms with Crippen LogP contribution in [-0.4, -0.2) is 41.6 Å². The Labute approximate surface area is 192 Å². The van der Waals surface area contributed by atoms with Crippen LogP contribution in [0.4, 0.5) is 4.39 Å². The van der Waals surface area contributed by atoms with E-state index in [-0.39, 0.29) is 22.4 Å². The van der Waals surface area contributed by atoms with E-state index >= 15 is 4.39 Å². The van der Waals surface area contributed by atoms with Crippen LogP contribution in [0.3, 0.4) is 0 Å². The summed E-state index contributed by atoms with van der Waals surface area (Å²) in [5, 5.41) is 3.02. The first-order chi connectivity index (χ1) is 16.5. The summed E-state index contributed by atoms with van der Waals surface area (Å²) in [6, 6.07) is 11.0. The van der Waals surface area contributed by atoms with Gasteiger partial charge >= 0.3 is 0 Å². The summed E-state index contributed by atoms with van der Waals surface area (Å²) in [5.74, 6) is -0.483. The van der Waals surface area contributed by atoms with E-state index in [4.69, 9.17) is 5.73 Å². The van der Waals surface area contributed by atoms with Gasteiger partial charge in [0.05, 0.1) is 12.2 Å². The summed E-state index contributed by atoms with van der Waals surface area (Å²) < 4.78 is 19.6. The van der Waals surface area contributed by atoms with Crippen molar-refractivity contribution in [2.45, 2.75) is 6.54 Å². The SMILES string of the molecule is CNCc1nccn1-c1ccc(-n2cnc3ncn(-c4cccc(C(N)=O)c4)c3c2=O)c(F)c1. The number of fused-ring (bicyclic) bond motifs is 1. The molecule has 3 N–H and O–H groups in total. The van der Waals surface area contributed by atoms with Gasteiger partial charge in [-0.3, -0.25) is 18.7 Å². The van der Waals surface area contributed by atoms with Crippen LogP contribution in [0.1, 0.15) is 16.2 Å². The molecular formula is C23H19FN8O2. The van der Waals surface area contributed by atoms with Gasteiger partial charge in [-0.2, -0.15) is 0 Å². The van der Waals surface area contributed by atoms with Crippen molar-refractivity contribution in [3.8, 4) is 17.1 Å². The maximum atomic E-state index is 15.2. The number of hydrogen-bond donors (Lipinski definition) is 2. The molecule has 170 valence electrons. The molecule has 0 bridgehead atoms. The quantitative estimate of drug-likeness (QED) is 0.399. The number of aromatic nitrogens is 6. The Balaban J connectivity index is 1.61. The number of carbonyl (C=O) groups excluding carboxylic acids is 1. The second kappa shape index (κ2) is 8.37. The smallest absolute Gasteiger partial charge is 0.284 e. The van der Waals surface area contributed by atoms with E-state index in [0.717, 1.165) is 10.4 Å². The van der Waals surface area contributed by atoms with Gasteiger partial charge in [-0.25, -0.2) is 19.3 Å². The van der Waals surface area contributed by atoms with Gasteiger partial charge in [-0.1, -0.05) is 6.07 Å².